The quantitative estimate of drug-likeness (QED) is 0.443. The first-order chi connectivity index (χ1) is 10.1. The molecule has 2 unspecified atom stereocenters. The number of aliphatic imine (C=N–C) groups is 1. The molecule has 21 heavy (non-hydrogen) atoms. The summed E-state index contributed by atoms with van der Waals surface area (Å²) in [7, 11) is 3.63. The van der Waals surface area contributed by atoms with Crippen molar-refractivity contribution in [3.8, 4) is 0 Å². The van der Waals surface area contributed by atoms with Crippen LogP contribution in [0.2, 0.25) is 0 Å². The summed E-state index contributed by atoms with van der Waals surface area (Å²) >= 11 is 0. The van der Waals surface area contributed by atoms with Gasteiger partial charge in [-0.3, -0.25) is 4.99 Å². The third kappa shape index (κ3) is 6.60. The van der Waals surface area contributed by atoms with E-state index in [0.717, 1.165) is 25.3 Å². The molecule has 5 nitrogen and oxygen atoms in total. The van der Waals surface area contributed by atoms with Crippen LogP contribution in [0.1, 0.15) is 13.8 Å². The van der Waals surface area contributed by atoms with E-state index in [1.165, 1.54) is 0 Å². The van der Waals surface area contributed by atoms with Gasteiger partial charge in [0.25, 0.3) is 0 Å². The van der Waals surface area contributed by atoms with Gasteiger partial charge in [0.05, 0.1) is 43.2 Å². The van der Waals surface area contributed by atoms with Crippen LogP contribution in [0.5, 0.6) is 0 Å². The van der Waals surface area contributed by atoms with E-state index in [-0.39, 0.29) is 12.2 Å². The van der Waals surface area contributed by atoms with Gasteiger partial charge in [0, 0.05) is 26.7 Å². The van der Waals surface area contributed by atoms with E-state index in [1.807, 2.05) is 26.3 Å². The van der Waals surface area contributed by atoms with Crippen molar-refractivity contribution in [2.24, 2.45) is 4.99 Å². The van der Waals surface area contributed by atoms with E-state index in [2.05, 4.69) is 28.7 Å². The molecule has 1 fully saturated rings. The van der Waals surface area contributed by atoms with E-state index >= 15 is 0 Å². The topological polar surface area (TPSA) is 46.1 Å². The van der Waals surface area contributed by atoms with E-state index in [9.17, 15) is 0 Å². The van der Waals surface area contributed by atoms with Crippen molar-refractivity contribution in [2.75, 3.05) is 33.8 Å². The van der Waals surface area contributed by atoms with Gasteiger partial charge < -0.3 is 19.7 Å². The van der Waals surface area contributed by atoms with E-state index in [4.69, 9.17) is 9.47 Å². The van der Waals surface area contributed by atoms with Crippen LogP contribution in [0, 0.1) is 0 Å². The molecule has 0 radical (unpaired) electrons. The molecule has 0 aliphatic carbocycles. The van der Waals surface area contributed by atoms with Gasteiger partial charge in [-0.25, -0.2) is 0 Å². The number of allylic oxidation sites excluding steroid dienone is 3. The molecule has 5 heteroatoms. The highest BCUT2D eigenvalue weighted by Gasteiger charge is 2.20. The van der Waals surface area contributed by atoms with Gasteiger partial charge in [0.15, 0.2) is 0 Å². The highest BCUT2D eigenvalue weighted by molar-refractivity contribution is 5.78. The minimum Gasteiger partial charge on any atom is -0.504 e. The van der Waals surface area contributed by atoms with Crippen LogP contribution < -0.4 is 5.32 Å². The Morgan fingerprint density at radius 2 is 2.29 bits per heavy atom. The van der Waals surface area contributed by atoms with E-state index < -0.39 is 0 Å². The third-order valence-electron chi connectivity index (χ3n) is 3.20. The summed E-state index contributed by atoms with van der Waals surface area (Å²) in [6.45, 7) is 10.5. The van der Waals surface area contributed by atoms with Crippen molar-refractivity contribution in [3.63, 3.8) is 0 Å². The lowest BCUT2D eigenvalue weighted by Gasteiger charge is -2.32. The molecule has 1 saturated heterocycles. The highest BCUT2D eigenvalue weighted by atomic mass is 16.5. The maximum absolute atomic E-state index is 5.91. The zero-order valence-electron chi connectivity index (χ0n) is 13.5. The summed E-state index contributed by atoms with van der Waals surface area (Å²) in [5.41, 5.74) is 1.68. The van der Waals surface area contributed by atoms with Gasteiger partial charge in [-0.05, 0) is 19.9 Å². The second-order valence-corrected chi connectivity index (χ2v) is 5.11. The Bertz CT molecular complexity index is 416. The van der Waals surface area contributed by atoms with Crippen LogP contribution in [-0.2, 0) is 9.47 Å². The zero-order chi connectivity index (χ0) is 15.7. The number of hydrogen-bond donors (Lipinski definition) is 1. The van der Waals surface area contributed by atoms with Gasteiger partial charge in [-0.1, -0.05) is 12.7 Å². The van der Waals surface area contributed by atoms with Crippen molar-refractivity contribution in [1.29, 1.82) is 0 Å². The predicted octanol–water partition coefficient (Wildman–Crippen LogP) is 1.94. The van der Waals surface area contributed by atoms with Gasteiger partial charge in [-0.2, -0.15) is 0 Å². The molecular weight excluding hydrogens is 266 g/mol. The Balaban J connectivity index is 2.53. The molecule has 1 aliphatic heterocycles. The smallest absolute Gasteiger partial charge is 0.0878 e. The average molecular weight is 293 g/mol. The lowest BCUT2D eigenvalue weighted by molar-refractivity contribution is -0.0355. The molecule has 0 amide bonds. The Kier molecular flexibility index (Phi) is 7.79. The number of methoxy groups -OCH3 is 1. The molecule has 1 heterocycles. The molecule has 0 saturated carbocycles. The Labute approximate surface area is 128 Å². The number of ether oxygens (including phenoxy) is 2. The van der Waals surface area contributed by atoms with Crippen molar-refractivity contribution >= 4 is 6.21 Å². The first-order valence-electron chi connectivity index (χ1n) is 7.22. The molecule has 0 bridgehead atoms. The van der Waals surface area contributed by atoms with Crippen molar-refractivity contribution < 1.29 is 9.47 Å². The second-order valence-electron chi connectivity index (χ2n) is 5.11. The summed E-state index contributed by atoms with van der Waals surface area (Å²) in [4.78, 5) is 6.45. The van der Waals surface area contributed by atoms with Crippen molar-refractivity contribution in [3.05, 3.63) is 36.4 Å². The van der Waals surface area contributed by atoms with Crippen LogP contribution in [0.4, 0.5) is 0 Å². The Morgan fingerprint density at radius 1 is 1.52 bits per heavy atom. The largest absolute Gasteiger partial charge is 0.504 e. The fraction of sp³-hybridized carbons (Fsp3) is 0.562. The zero-order valence-corrected chi connectivity index (χ0v) is 13.5. The van der Waals surface area contributed by atoms with Crippen LogP contribution in [-0.4, -0.2) is 57.1 Å². The number of rotatable bonds is 7. The standard InChI is InChI=1S/C16H27N3O2/c1-6-15(10-18-13(2)7-8-20-5)19(4)12-16-11-17-9-14(3)21-16/h6-8,10,14,16-17H,2,9,11-12H2,1,3-5H3/b8-7?,15-6+,18-10?. The Morgan fingerprint density at radius 3 is 2.90 bits per heavy atom. The van der Waals surface area contributed by atoms with Crippen LogP contribution in [0.3, 0.4) is 0 Å². The van der Waals surface area contributed by atoms with Crippen molar-refractivity contribution in [2.45, 2.75) is 26.1 Å². The number of likely N-dealkylation sites (N-methyl/N-ethyl adjacent to an activating group) is 1. The second kappa shape index (κ2) is 9.37. The molecule has 0 aromatic heterocycles. The number of morpholine rings is 1. The Hall–Kier alpha value is -1.59. The number of nitrogens with one attached hydrogen (secondary N) is 1. The van der Waals surface area contributed by atoms with Crippen LogP contribution in [0.15, 0.2) is 41.4 Å². The fourth-order valence-corrected chi connectivity index (χ4v) is 2.12. The summed E-state index contributed by atoms with van der Waals surface area (Å²) in [6.07, 6.45) is 7.57. The minimum atomic E-state index is 0.193. The number of hydrogen-bond acceptors (Lipinski definition) is 5. The maximum atomic E-state index is 5.91. The molecule has 2 atom stereocenters. The van der Waals surface area contributed by atoms with Gasteiger partial charge in [-0.15, -0.1) is 0 Å². The summed E-state index contributed by atoms with van der Waals surface area (Å²) in [5, 5.41) is 3.38. The first-order valence-corrected chi connectivity index (χ1v) is 7.22. The summed E-state index contributed by atoms with van der Waals surface area (Å²) in [6, 6.07) is 0. The third-order valence-corrected chi connectivity index (χ3v) is 3.20. The van der Waals surface area contributed by atoms with Crippen LogP contribution in [0.25, 0.3) is 0 Å². The predicted molar refractivity (Wildman–Crippen MR) is 87.4 cm³/mol. The van der Waals surface area contributed by atoms with E-state index in [0.29, 0.717) is 5.70 Å². The lowest BCUT2D eigenvalue weighted by Crippen LogP contribution is -2.47. The fourth-order valence-electron chi connectivity index (χ4n) is 2.12. The van der Waals surface area contributed by atoms with E-state index in [1.54, 1.807) is 19.4 Å². The van der Waals surface area contributed by atoms with Gasteiger partial charge >= 0.3 is 0 Å². The first kappa shape index (κ1) is 17.5. The average Bonchev–Trinajstić information content (AvgIpc) is 2.45. The molecule has 0 aromatic carbocycles. The summed E-state index contributed by atoms with van der Waals surface area (Å²) < 4.78 is 10.7. The monoisotopic (exact) mass is 293 g/mol. The molecule has 0 aromatic rings. The number of nitrogens with zero attached hydrogens (tertiary/aromatic N) is 2. The molecule has 118 valence electrons. The maximum Gasteiger partial charge on any atom is 0.0878 e. The molecule has 0 spiro atoms. The van der Waals surface area contributed by atoms with Crippen molar-refractivity contribution in [1.82, 2.24) is 10.2 Å². The molecule has 1 rings (SSSR count). The molecular formula is C16H27N3O2. The van der Waals surface area contributed by atoms with Gasteiger partial charge in [0.1, 0.15) is 0 Å². The normalized spacial score (nSPS) is 23.7. The molecule has 1 N–H and O–H groups in total. The minimum absolute atomic E-state index is 0.193. The summed E-state index contributed by atoms with van der Waals surface area (Å²) in [5.74, 6) is 0. The van der Waals surface area contributed by atoms with Crippen LogP contribution >= 0.6 is 0 Å². The van der Waals surface area contributed by atoms with Gasteiger partial charge in [0.2, 0.25) is 0 Å². The molecule has 1 aliphatic rings. The highest BCUT2D eigenvalue weighted by Crippen LogP contribution is 2.08. The lowest BCUT2D eigenvalue weighted by atomic mass is 10.2. The SMILES string of the molecule is C=C(C=COC)N=C/C(=C\C)N(C)CC1CNCC(C)O1.